The van der Waals surface area contributed by atoms with E-state index in [9.17, 15) is 13.2 Å². The number of aromatic nitrogens is 3. The summed E-state index contributed by atoms with van der Waals surface area (Å²) < 4.78 is 29.7. The summed E-state index contributed by atoms with van der Waals surface area (Å²) in [5.74, 6) is 0.581. The monoisotopic (exact) mass is 514 g/mol. The second-order valence-electron chi connectivity index (χ2n) is 8.85. The number of sulfonamides is 1. The molecule has 0 spiro atoms. The zero-order valence-electron chi connectivity index (χ0n) is 20.3. The molecular weight excluding hydrogens is 488 g/mol. The Balaban J connectivity index is 1.37. The van der Waals surface area contributed by atoms with Crippen LogP contribution in [0.1, 0.15) is 25.5 Å². The van der Waals surface area contributed by atoms with Crippen LogP contribution in [-0.2, 0) is 10.0 Å². The molecule has 0 saturated heterocycles. The molecule has 5 rings (SSSR count). The van der Waals surface area contributed by atoms with E-state index in [4.69, 9.17) is 0 Å². The van der Waals surface area contributed by atoms with Gasteiger partial charge in [0, 0.05) is 34.5 Å². The van der Waals surface area contributed by atoms with Crippen LogP contribution in [0.3, 0.4) is 0 Å². The van der Waals surface area contributed by atoms with Crippen molar-refractivity contribution < 1.29 is 13.2 Å². The minimum absolute atomic E-state index is 0.115. The average Bonchev–Trinajstić information content (AvgIpc) is 3.51. The molecule has 0 saturated carbocycles. The molecule has 0 atom stereocenters. The maximum Gasteiger partial charge on any atom is 0.324 e. The van der Waals surface area contributed by atoms with Crippen LogP contribution in [0, 0.1) is 0 Å². The normalized spacial score (nSPS) is 11.5. The predicted molar refractivity (Wildman–Crippen MR) is 146 cm³/mol. The number of anilines is 3. The van der Waals surface area contributed by atoms with Crippen LogP contribution in [0.2, 0.25) is 0 Å². The number of para-hydroxylation sites is 1. The Morgan fingerprint density at radius 1 is 0.892 bits per heavy atom. The number of amides is 2. The van der Waals surface area contributed by atoms with Crippen LogP contribution in [0.25, 0.3) is 16.6 Å². The van der Waals surface area contributed by atoms with Gasteiger partial charge in [0.25, 0.3) is 10.0 Å². The first kappa shape index (κ1) is 24.1. The SMILES string of the molecule is CC(C)c1cc(NC(=O)Nc2ccc3[nH]ccc3c2)n(-c2ccc(S(=O)(=O)Nc3ccccc3)cc2)n1. The van der Waals surface area contributed by atoms with E-state index in [0.717, 1.165) is 16.6 Å². The number of nitrogens with zero attached hydrogens (tertiary/aromatic N) is 2. The van der Waals surface area contributed by atoms with Gasteiger partial charge < -0.3 is 10.3 Å². The Morgan fingerprint density at radius 2 is 1.65 bits per heavy atom. The fraction of sp³-hybridized carbons (Fsp3) is 0.111. The molecule has 2 amide bonds. The molecule has 2 aromatic heterocycles. The van der Waals surface area contributed by atoms with E-state index < -0.39 is 16.1 Å². The highest BCUT2D eigenvalue weighted by atomic mass is 32.2. The van der Waals surface area contributed by atoms with Gasteiger partial charge in [-0.1, -0.05) is 32.0 Å². The first-order valence-electron chi connectivity index (χ1n) is 11.7. The first-order chi connectivity index (χ1) is 17.8. The van der Waals surface area contributed by atoms with Gasteiger partial charge in [0.15, 0.2) is 0 Å². The minimum atomic E-state index is -3.76. The Bertz CT molecular complexity index is 1660. The van der Waals surface area contributed by atoms with Gasteiger partial charge >= 0.3 is 6.03 Å². The van der Waals surface area contributed by atoms with Gasteiger partial charge in [-0.05, 0) is 66.6 Å². The van der Waals surface area contributed by atoms with Crippen molar-refractivity contribution in [1.82, 2.24) is 14.8 Å². The topological polar surface area (TPSA) is 121 Å². The van der Waals surface area contributed by atoms with Crippen molar-refractivity contribution >= 4 is 44.1 Å². The van der Waals surface area contributed by atoms with Gasteiger partial charge in [0.05, 0.1) is 16.3 Å². The number of urea groups is 1. The summed E-state index contributed by atoms with van der Waals surface area (Å²) in [6.45, 7) is 4.01. The van der Waals surface area contributed by atoms with Crippen LogP contribution in [0.5, 0.6) is 0 Å². The molecule has 0 fully saturated rings. The van der Waals surface area contributed by atoms with Crippen LogP contribution < -0.4 is 15.4 Å². The smallest absolute Gasteiger partial charge is 0.324 e. The standard InChI is InChI=1S/C27H26N6O3S/c1-18(2)25-17-26(30-27(34)29-21-8-13-24-19(16-21)14-15-28-24)33(31-25)22-9-11-23(12-10-22)37(35,36)32-20-6-4-3-5-7-20/h3-18,28,32H,1-2H3,(H2,29,30,34). The number of H-pyrrole nitrogens is 1. The summed E-state index contributed by atoms with van der Waals surface area (Å²) in [7, 11) is -3.76. The molecule has 0 unspecified atom stereocenters. The number of rotatable bonds is 7. The maximum atomic E-state index is 12.8. The Labute approximate surface area is 214 Å². The summed E-state index contributed by atoms with van der Waals surface area (Å²) in [5.41, 5.74) is 3.50. The third-order valence-electron chi connectivity index (χ3n) is 5.79. The largest absolute Gasteiger partial charge is 0.361 e. The van der Waals surface area contributed by atoms with Crippen LogP contribution in [0.15, 0.2) is 96.0 Å². The predicted octanol–water partition coefficient (Wildman–Crippen LogP) is 5.92. The Morgan fingerprint density at radius 3 is 2.38 bits per heavy atom. The van der Waals surface area contributed by atoms with E-state index in [2.05, 4.69) is 25.4 Å². The Kier molecular flexibility index (Phi) is 6.41. The van der Waals surface area contributed by atoms with E-state index in [-0.39, 0.29) is 10.8 Å². The lowest BCUT2D eigenvalue weighted by Crippen LogP contribution is -2.21. The van der Waals surface area contributed by atoms with Gasteiger partial charge in [0.1, 0.15) is 5.82 Å². The van der Waals surface area contributed by atoms with Gasteiger partial charge in [-0.2, -0.15) is 5.10 Å². The van der Waals surface area contributed by atoms with Crippen molar-refractivity contribution in [2.45, 2.75) is 24.7 Å². The molecular formula is C27H26N6O3S. The molecule has 4 N–H and O–H groups in total. The molecule has 9 nitrogen and oxygen atoms in total. The highest BCUT2D eigenvalue weighted by Crippen LogP contribution is 2.25. The highest BCUT2D eigenvalue weighted by molar-refractivity contribution is 7.92. The summed E-state index contributed by atoms with van der Waals surface area (Å²) in [6.07, 6.45) is 1.84. The number of nitrogens with one attached hydrogen (secondary N) is 4. The lowest BCUT2D eigenvalue weighted by atomic mass is 10.1. The molecule has 0 aliphatic carbocycles. The zero-order valence-corrected chi connectivity index (χ0v) is 21.1. The van der Waals surface area contributed by atoms with Crippen LogP contribution in [-0.4, -0.2) is 29.2 Å². The number of carbonyl (C=O) groups excluding carboxylic acids is 1. The highest BCUT2D eigenvalue weighted by Gasteiger charge is 2.17. The van der Waals surface area contributed by atoms with Gasteiger partial charge in [-0.15, -0.1) is 0 Å². The number of carbonyl (C=O) groups is 1. The summed E-state index contributed by atoms with van der Waals surface area (Å²) in [4.78, 5) is 16.1. The van der Waals surface area contributed by atoms with Gasteiger partial charge in [-0.25, -0.2) is 17.9 Å². The summed E-state index contributed by atoms with van der Waals surface area (Å²) in [6, 6.07) is 23.9. The van der Waals surface area contributed by atoms with Crippen LogP contribution in [0.4, 0.5) is 22.0 Å². The van der Waals surface area contributed by atoms with Crippen molar-refractivity contribution in [2.24, 2.45) is 0 Å². The fourth-order valence-corrected chi connectivity index (χ4v) is 4.92. The van der Waals surface area contributed by atoms with Gasteiger partial charge in [0.2, 0.25) is 0 Å². The number of hydrogen-bond donors (Lipinski definition) is 4. The second kappa shape index (κ2) is 9.82. The molecule has 37 heavy (non-hydrogen) atoms. The lowest BCUT2D eigenvalue weighted by molar-refractivity contribution is 0.262. The van der Waals surface area contributed by atoms with Crippen molar-refractivity contribution in [1.29, 1.82) is 0 Å². The number of benzene rings is 3. The number of aromatic amines is 1. The van der Waals surface area contributed by atoms with Gasteiger partial charge in [-0.3, -0.25) is 10.0 Å². The van der Waals surface area contributed by atoms with Crippen molar-refractivity contribution in [3.63, 3.8) is 0 Å². The zero-order chi connectivity index (χ0) is 26.0. The fourth-order valence-electron chi connectivity index (χ4n) is 3.86. The second-order valence-corrected chi connectivity index (χ2v) is 10.5. The van der Waals surface area contributed by atoms with Crippen molar-refractivity contribution in [3.8, 4) is 5.69 Å². The molecule has 0 radical (unpaired) electrons. The molecule has 0 aliphatic rings. The van der Waals surface area contributed by atoms with E-state index in [0.29, 0.717) is 22.9 Å². The molecule has 2 heterocycles. The van der Waals surface area contributed by atoms with E-state index in [1.54, 1.807) is 47.1 Å². The van der Waals surface area contributed by atoms with E-state index >= 15 is 0 Å². The van der Waals surface area contributed by atoms with E-state index in [1.807, 2.05) is 50.4 Å². The molecule has 3 aromatic carbocycles. The summed E-state index contributed by atoms with van der Waals surface area (Å²) in [5, 5.41) is 11.3. The Hall–Kier alpha value is -4.57. The van der Waals surface area contributed by atoms with Crippen molar-refractivity contribution in [3.05, 3.63) is 96.8 Å². The van der Waals surface area contributed by atoms with Crippen molar-refractivity contribution in [2.75, 3.05) is 15.4 Å². The number of hydrogen-bond acceptors (Lipinski definition) is 4. The average molecular weight is 515 g/mol. The van der Waals surface area contributed by atoms with E-state index in [1.165, 1.54) is 12.1 Å². The number of fused-ring (bicyclic) bond motifs is 1. The van der Waals surface area contributed by atoms with Crippen LogP contribution >= 0.6 is 0 Å². The molecule has 5 aromatic rings. The third kappa shape index (κ3) is 5.34. The first-order valence-corrected chi connectivity index (χ1v) is 13.2. The summed E-state index contributed by atoms with van der Waals surface area (Å²) >= 11 is 0. The minimum Gasteiger partial charge on any atom is -0.361 e. The molecule has 188 valence electrons. The molecule has 0 aliphatic heterocycles. The molecule has 0 bridgehead atoms. The quantitative estimate of drug-likeness (QED) is 0.215. The maximum absolute atomic E-state index is 12.8. The molecule has 10 heteroatoms. The third-order valence-corrected chi connectivity index (χ3v) is 7.19. The lowest BCUT2D eigenvalue weighted by Gasteiger charge is -2.12.